The van der Waals surface area contributed by atoms with Crippen LogP contribution in [0.1, 0.15) is 6.92 Å². The van der Waals surface area contributed by atoms with E-state index in [1.807, 2.05) is 6.92 Å². The average molecular weight is 251 g/mol. The van der Waals surface area contributed by atoms with E-state index in [9.17, 15) is 0 Å². The average Bonchev–Trinajstić information content (AvgIpc) is 2.78. The van der Waals surface area contributed by atoms with Crippen molar-refractivity contribution in [3.63, 3.8) is 0 Å². The third kappa shape index (κ3) is 2.54. The van der Waals surface area contributed by atoms with Gasteiger partial charge in [0.05, 0.1) is 0 Å². The van der Waals surface area contributed by atoms with Gasteiger partial charge in [-0.3, -0.25) is 0 Å². The number of aromatic nitrogens is 2. The quantitative estimate of drug-likeness (QED) is 0.846. The third-order valence-electron chi connectivity index (χ3n) is 2.10. The summed E-state index contributed by atoms with van der Waals surface area (Å²) in [5.41, 5.74) is 1.07. The second-order valence-corrected chi connectivity index (χ2v) is 4.81. The maximum Gasteiger partial charge on any atom is 0.202 e. The van der Waals surface area contributed by atoms with Crippen LogP contribution in [0.25, 0.3) is 11.4 Å². The van der Waals surface area contributed by atoms with Gasteiger partial charge < -0.3 is 5.32 Å². The van der Waals surface area contributed by atoms with Gasteiger partial charge in [0.1, 0.15) is 0 Å². The summed E-state index contributed by atoms with van der Waals surface area (Å²) in [7, 11) is 0. The van der Waals surface area contributed by atoms with E-state index in [4.69, 9.17) is 0 Å². The molecule has 2 aromatic rings. The summed E-state index contributed by atoms with van der Waals surface area (Å²) in [6, 6.07) is 8.30. The zero-order chi connectivity index (χ0) is 11.4. The van der Waals surface area contributed by atoms with Crippen LogP contribution in [-0.2, 0) is 0 Å². The number of hydrogen-bond donors (Lipinski definition) is 1. The molecule has 0 saturated carbocycles. The molecule has 1 heterocycles. The molecule has 1 aromatic carbocycles. The smallest absolute Gasteiger partial charge is 0.202 e. The molecule has 0 aliphatic carbocycles. The lowest BCUT2D eigenvalue weighted by atomic mass is 10.2. The van der Waals surface area contributed by atoms with Crippen molar-refractivity contribution in [3.8, 4) is 11.4 Å². The molecule has 0 unspecified atom stereocenters. The predicted octanol–water partition coefficient (Wildman–Crippen LogP) is 3.36. The minimum Gasteiger partial charge on any atom is -0.361 e. The van der Waals surface area contributed by atoms with Crippen molar-refractivity contribution in [2.45, 2.75) is 11.8 Å². The molecular weight excluding hydrogens is 238 g/mol. The lowest BCUT2D eigenvalue weighted by molar-refractivity contribution is 1.18. The van der Waals surface area contributed by atoms with Crippen molar-refractivity contribution >= 4 is 28.4 Å². The standard InChI is InChI=1S/C11H13N3S2/c1-3-12-11-13-10(14-16-11)8-4-6-9(15-2)7-5-8/h4-7H,3H2,1-2H3,(H,12,13,14). The van der Waals surface area contributed by atoms with Crippen molar-refractivity contribution in [1.29, 1.82) is 0 Å². The van der Waals surface area contributed by atoms with Gasteiger partial charge in [-0.15, -0.1) is 11.8 Å². The number of hydrogen-bond acceptors (Lipinski definition) is 5. The van der Waals surface area contributed by atoms with Gasteiger partial charge in [0.25, 0.3) is 0 Å². The molecule has 0 radical (unpaired) electrons. The van der Waals surface area contributed by atoms with E-state index in [2.05, 4.69) is 45.2 Å². The van der Waals surface area contributed by atoms with Crippen molar-refractivity contribution in [1.82, 2.24) is 9.36 Å². The zero-order valence-electron chi connectivity index (χ0n) is 9.23. The Hall–Kier alpha value is -1.07. The molecule has 2 rings (SSSR count). The van der Waals surface area contributed by atoms with Crippen LogP contribution in [0.2, 0.25) is 0 Å². The van der Waals surface area contributed by atoms with E-state index in [1.165, 1.54) is 16.4 Å². The van der Waals surface area contributed by atoms with Gasteiger partial charge in [-0.05, 0) is 25.3 Å². The Morgan fingerprint density at radius 1 is 1.31 bits per heavy atom. The molecule has 0 fully saturated rings. The van der Waals surface area contributed by atoms with Crippen molar-refractivity contribution < 1.29 is 0 Å². The molecule has 0 bridgehead atoms. The van der Waals surface area contributed by atoms with Crippen LogP contribution >= 0.6 is 23.3 Å². The summed E-state index contributed by atoms with van der Waals surface area (Å²) >= 11 is 3.14. The predicted molar refractivity (Wildman–Crippen MR) is 71.3 cm³/mol. The first kappa shape index (κ1) is 11.4. The Bertz CT molecular complexity index is 451. The van der Waals surface area contributed by atoms with Gasteiger partial charge >= 0.3 is 0 Å². The topological polar surface area (TPSA) is 37.8 Å². The van der Waals surface area contributed by atoms with Crippen molar-refractivity contribution in [2.75, 3.05) is 18.1 Å². The second-order valence-electron chi connectivity index (χ2n) is 3.18. The summed E-state index contributed by atoms with van der Waals surface area (Å²) < 4.78 is 4.32. The van der Waals surface area contributed by atoms with Gasteiger partial charge in [-0.2, -0.15) is 9.36 Å². The van der Waals surface area contributed by atoms with E-state index in [1.54, 1.807) is 11.8 Å². The molecule has 16 heavy (non-hydrogen) atoms. The zero-order valence-corrected chi connectivity index (χ0v) is 10.9. The number of anilines is 1. The van der Waals surface area contributed by atoms with Crippen LogP contribution in [0, 0.1) is 0 Å². The first-order valence-corrected chi connectivity index (χ1v) is 7.05. The minimum absolute atomic E-state index is 0.800. The second kappa shape index (κ2) is 5.32. The van der Waals surface area contributed by atoms with Gasteiger partial charge in [0.15, 0.2) is 5.82 Å². The Kier molecular flexibility index (Phi) is 3.79. The normalized spacial score (nSPS) is 10.4. The Morgan fingerprint density at radius 3 is 2.69 bits per heavy atom. The number of nitrogens with one attached hydrogen (secondary N) is 1. The Labute approximate surface area is 103 Å². The molecule has 0 amide bonds. The number of rotatable bonds is 4. The van der Waals surface area contributed by atoms with Crippen molar-refractivity contribution in [3.05, 3.63) is 24.3 Å². The monoisotopic (exact) mass is 251 g/mol. The largest absolute Gasteiger partial charge is 0.361 e. The fourth-order valence-electron chi connectivity index (χ4n) is 1.30. The SMILES string of the molecule is CCNc1nc(-c2ccc(SC)cc2)ns1. The molecule has 0 aliphatic heterocycles. The van der Waals surface area contributed by atoms with Crippen molar-refractivity contribution in [2.24, 2.45) is 0 Å². The molecule has 1 N–H and O–H groups in total. The third-order valence-corrected chi connectivity index (χ3v) is 3.52. The fraction of sp³-hybridized carbons (Fsp3) is 0.273. The summed E-state index contributed by atoms with van der Waals surface area (Å²) in [5, 5.41) is 4.04. The van der Waals surface area contributed by atoms with E-state index >= 15 is 0 Å². The Balaban J connectivity index is 2.21. The van der Waals surface area contributed by atoms with E-state index in [0.717, 1.165) is 23.1 Å². The van der Waals surface area contributed by atoms with E-state index < -0.39 is 0 Å². The maximum absolute atomic E-state index is 4.42. The molecule has 3 nitrogen and oxygen atoms in total. The van der Waals surface area contributed by atoms with Gasteiger partial charge in [0.2, 0.25) is 5.13 Å². The molecule has 1 aromatic heterocycles. The summed E-state index contributed by atoms with van der Waals surface area (Å²) in [5.74, 6) is 0.800. The number of nitrogens with zero attached hydrogens (tertiary/aromatic N) is 2. The van der Waals surface area contributed by atoms with E-state index in [-0.39, 0.29) is 0 Å². The highest BCUT2D eigenvalue weighted by molar-refractivity contribution is 7.98. The highest BCUT2D eigenvalue weighted by Gasteiger charge is 2.05. The fourth-order valence-corrected chi connectivity index (χ4v) is 2.37. The molecule has 0 spiro atoms. The molecule has 84 valence electrons. The van der Waals surface area contributed by atoms with Crippen LogP contribution in [0.3, 0.4) is 0 Å². The lowest BCUT2D eigenvalue weighted by Gasteiger charge is -1.97. The molecule has 0 aliphatic rings. The van der Waals surface area contributed by atoms with E-state index in [0.29, 0.717) is 0 Å². The summed E-state index contributed by atoms with van der Waals surface area (Å²) in [4.78, 5) is 5.67. The van der Waals surface area contributed by atoms with Gasteiger partial charge in [-0.1, -0.05) is 12.1 Å². The number of thioether (sulfide) groups is 1. The van der Waals surface area contributed by atoms with Gasteiger partial charge in [-0.25, -0.2) is 0 Å². The van der Waals surface area contributed by atoms with Crippen LogP contribution in [0.15, 0.2) is 29.2 Å². The highest BCUT2D eigenvalue weighted by atomic mass is 32.2. The molecule has 5 heteroatoms. The summed E-state index contributed by atoms with van der Waals surface area (Å²) in [6.45, 7) is 2.92. The molecule has 0 saturated heterocycles. The first-order chi connectivity index (χ1) is 7.83. The van der Waals surface area contributed by atoms with Crippen LogP contribution in [-0.4, -0.2) is 22.2 Å². The van der Waals surface area contributed by atoms with Crippen LogP contribution in [0.4, 0.5) is 5.13 Å². The highest BCUT2D eigenvalue weighted by Crippen LogP contribution is 2.23. The molecular formula is C11H13N3S2. The van der Waals surface area contributed by atoms with Gasteiger partial charge in [0, 0.05) is 28.5 Å². The Morgan fingerprint density at radius 2 is 2.06 bits per heavy atom. The lowest BCUT2D eigenvalue weighted by Crippen LogP contribution is -1.94. The maximum atomic E-state index is 4.42. The minimum atomic E-state index is 0.800. The molecule has 0 atom stereocenters. The number of benzene rings is 1. The van der Waals surface area contributed by atoms with Crippen LogP contribution in [0.5, 0.6) is 0 Å². The van der Waals surface area contributed by atoms with Crippen LogP contribution < -0.4 is 5.32 Å². The summed E-state index contributed by atoms with van der Waals surface area (Å²) in [6.07, 6.45) is 2.07. The first-order valence-electron chi connectivity index (χ1n) is 5.05.